The van der Waals surface area contributed by atoms with Crippen LogP contribution >= 0.6 is 0 Å². The van der Waals surface area contributed by atoms with E-state index in [-0.39, 0.29) is 17.4 Å². The van der Waals surface area contributed by atoms with Crippen LogP contribution in [0.1, 0.15) is 71.0 Å². The molecule has 0 aromatic heterocycles. The molecular formula is C25H36N2O6. The van der Waals surface area contributed by atoms with E-state index in [0.29, 0.717) is 25.0 Å². The minimum atomic E-state index is -1.15. The van der Waals surface area contributed by atoms with Gasteiger partial charge in [0, 0.05) is 11.5 Å². The summed E-state index contributed by atoms with van der Waals surface area (Å²) >= 11 is 0. The lowest BCUT2D eigenvalue weighted by atomic mass is 9.72. The smallest absolute Gasteiger partial charge is 0.329 e. The van der Waals surface area contributed by atoms with Crippen molar-refractivity contribution >= 4 is 11.9 Å². The predicted octanol–water partition coefficient (Wildman–Crippen LogP) is 3.94. The maximum atomic E-state index is 13.9. The van der Waals surface area contributed by atoms with E-state index in [0.717, 1.165) is 18.4 Å². The second kappa shape index (κ2) is 10.2. The van der Waals surface area contributed by atoms with Gasteiger partial charge in [0.25, 0.3) is 5.91 Å². The van der Waals surface area contributed by atoms with E-state index in [4.69, 9.17) is 9.47 Å². The average molecular weight is 461 g/mol. The maximum absolute atomic E-state index is 13.9. The molecule has 0 radical (unpaired) electrons. The Balaban J connectivity index is 2.25. The Labute approximate surface area is 195 Å². The molecule has 33 heavy (non-hydrogen) atoms. The molecule has 2 saturated heterocycles. The highest BCUT2D eigenvalue weighted by Gasteiger charge is 2.64. The summed E-state index contributed by atoms with van der Waals surface area (Å²) < 4.78 is 11.2. The third-order valence-corrected chi connectivity index (χ3v) is 6.87. The lowest BCUT2D eigenvalue weighted by Crippen LogP contribution is -2.51. The Morgan fingerprint density at radius 1 is 1.21 bits per heavy atom. The lowest BCUT2D eigenvalue weighted by Gasteiger charge is -2.35. The van der Waals surface area contributed by atoms with Crippen molar-refractivity contribution in [3.05, 3.63) is 45.5 Å². The zero-order chi connectivity index (χ0) is 24.3. The van der Waals surface area contributed by atoms with Crippen molar-refractivity contribution in [2.24, 2.45) is 11.3 Å². The summed E-state index contributed by atoms with van der Waals surface area (Å²) in [7, 11) is 0. The number of nitro groups is 1. The molecule has 1 aromatic carbocycles. The summed E-state index contributed by atoms with van der Waals surface area (Å²) in [5.41, 5.74) is 1.01. The fraction of sp³-hybridized carbons (Fsp3) is 0.680. The number of carbonyl (C=O) groups excluding carboxylic acids is 2. The van der Waals surface area contributed by atoms with Gasteiger partial charge in [-0.2, -0.15) is 0 Å². The molecule has 2 heterocycles. The summed E-state index contributed by atoms with van der Waals surface area (Å²) in [6, 6.07) is 4.39. The molecule has 5 atom stereocenters. The second-order valence-electron chi connectivity index (χ2n) is 9.96. The van der Waals surface area contributed by atoms with Gasteiger partial charge in [0.05, 0.1) is 12.5 Å². The number of hydrogen-bond donors (Lipinski definition) is 0. The molecule has 0 N–H and O–H groups in total. The van der Waals surface area contributed by atoms with Gasteiger partial charge in [-0.3, -0.25) is 14.9 Å². The first-order chi connectivity index (χ1) is 15.6. The van der Waals surface area contributed by atoms with E-state index in [1.807, 2.05) is 52.0 Å². The molecule has 8 heteroatoms. The van der Waals surface area contributed by atoms with Crippen molar-refractivity contribution in [3.63, 3.8) is 0 Å². The fourth-order valence-corrected chi connectivity index (χ4v) is 5.47. The first-order valence-electron chi connectivity index (χ1n) is 11.9. The molecule has 1 aromatic rings. The van der Waals surface area contributed by atoms with Gasteiger partial charge >= 0.3 is 5.97 Å². The van der Waals surface area contributed by atoms with Crippen molar-refractivity contribution in [2.45, 2.75) is 84.5 Å². The number of likely N-dealkylation sites (tertiary alicyclic amines) is 1. The van der Waals surface area contributed by atoms with Crippen LogP contribution in [-0.2, 0) is 25.5 Å². The molecule has 182 valence electrons. The number of hydrogen-bond acceptors (Lipinski definition) is 6. The van der Waals surface area contributed by atoms with Gasteiger partial charge in [0.2, 0.25) is 6.04 Å². The van der Waals surface area contributed by atoms with Gasteiger partial charge in [-0.15, -0.1) is 0 Å². The summed E-state index contributed by atoms with van der Waals surface area (Å²) in [5, 5.41) is 12.6. The number of ether oxygens (including phenoxy) is 2. The number of amides is 1. The normalized spacial score (nSPS) is 27.9. The second-order valence-corrected chi connectivity index (χ2v) is 9.96. The van der Waals surface area contributed by atoms with Crippen LogP contribution < -0.4 is 0 Å². The van der Waals surface area contributed by atoms with Crippen LogP contribution in [0.4, 0.5) is 0 Å². The van der Waals surface area contributed by atoms with Gasteiger partial charge in [-0.25, -0.2) is 4.79 Å². The van der Waals surface area contributed by atoms with Gasteiger partial charge in [0.1, 0.15) is 18.2 Å². The van der Waals surface area contributed by atoms with Gasteiger partial charge in [0.15, 0.2) is 0 Å². The molecule has 1 amide bonds. The first kappa shape index (κ1) is 25.1. The molecule has 8 nitrogen and oxygen atoms in total. The third-order valence-electron chi connectivity index (χ3n) is 6.87. The summed E-state index contributed by atoms with van der Waals surface area (Å²) in [6.07, 6.45) is 2.19. The number of aryl methyl sites for hydroxylation is 1. The monoisotopic (exact) mass is 460 g/mol. The van der Waals surface area contributed by atoms with E-state index < -0.39 is 41.5 Å². The van der Waals surface area contributed by atoms with Crippen LogP contribution in [0.3, 0.4) is 0 Å². The summed E-state index contributed by atoms with van der Waals surface area (Å²) in [4.78, 5) is 41.0. The largest absolute Gasteiger partial charge is 0.464 e. The Bertz CT molecular complexity index is 874. The van der Waals surface area contributed by atoms with E-state index in [1.54, 1.807) is 6.92 Å². The quantitative estimate of drug-likeness (QED) is 0.362. The number of nitrogens with zero attached hydrogens (tertiary/aromatic N) is 2. The molecule has 0 unspecified atom stereocenters. The van der Waals surface area contributed by atoms with E-state index in [2.05, 4.69) is 0 Å². The first-order valence-corrected chi connectivity index (χ1v) is 11.9. The van der Waals surface area contributed by atoms with Crippen LogP contribution in [0.2, 0.25) is 0 Å². The van der Waals surface area contributed by atoms with Crippen LogP contribution in [0, 0.1) is 21.4 Å². The molecule has 2 fully saturated rings. The summed E-state index contributed by atoms with van der Waals surface area (Å²) in [6.45, 7) is 9.93. The topological polar surface area (TPSA) is 99.0 Å². The molecule has 0 saturated carbocycles. The number of esters is 1. The van der Waals surface area contributed by atoms with E-state index in [1.165, 1.54) is 4.90 Å². The van der Waals surface area contributed by atoms with Crippen molar-refractivity contribution in [1.82, 2.24) is 4.90 Å². The minimum Gasteiger partial charge on any atom is -0.464 e. The zero-order valence-electron chi connectivity index (χ0n) is 20.3. The molecule has 0 bridgehead atoms. The minimum absolute atomic E-state index is 0.132. The highest BCUT2D eigenvalue weighted by molar-refractivity contribution is 5.89. The van der Waals surface area contributed by atoms with Crippen molar-refractivity contribution in [2.75, 3.05) is 13.2 Å². The molecule has 2 aliphatic heterocycles. The highest BCUT2D eigenvalue weighted by atomic mass is 16.6. The van der Waals surface area contributed by atoms with Gasteiger partial charge in [-0.05, 0) is 49.1 Å². The van der Waals surface area contributed by atoms with Gasteiger partial charge < -0.3 is 14.4 Å². The molecule has 0 aliphatic carbocycles. The van der Waals surface area contributed by atoms with Crippen molar-refractivity contribution < 1.29 is 24.0 Å². The predicted molar refractivity (Wildman–Crippen MR) is 123 cm³/mol. The van der Waals surface area contributed by atoms with Gasteiger partial charge in [-0.1, -0.05) is 52.0 Å². The standard InChI is InChI=1S/C25H36N2O6/c1-6-16-12-8-9-13-17(16)20-21(27(30)31)19(25(3,4)5)22(24(29)32-7-2)26(20)23(28)18-14-10-11-15-33-18/h8-9,12-13,18-22H,6-7,10-11,14-15H2,1-5H3/t18-,19-,20-,21-,22-/m0/s1. The van der Waals surface area contributed by atoms with Crippen molar-refractivity contribution in [1.29, 1.82) is 0 Å². The number of rotatable bonds is 6. The lowest BCUT2D eigenvalue weighted by molar-refractivity contribution is -0.536. The third kappa shape index (κ3) is 4.90. The van der Waals surface area contributed by atoms with Crippen LogP contribution in [-0.4, -0.2) is 53.1 Å². The Kier molecular flexibility index (Phi) is 7.77. The fourth-order valence-electron chi connectivity index (χ4n) is 5.47. The SMILES string of the molecule is CCOC(=O)[C@@H]1[C@@H](C(C)(C)C)[C@H]([N+](=O)[O-])[C@H](c2ccccc2CC)N1C(=O)[C@@H]1CCCCO1. The zero-order valence-corrected chi connectivity index (χ0v) is 20.3. The molecule has 3 rings (SSSR count). The average Bonchev–Trinajstić information content (AvgIpc) is 3.16. The molecular weight excluding hydrogens is 424 g/mol. The number of carbonyl (C=O) groups is 2. The maximum Gasteiger partial charge on any atom is 0.329 e. The highest BCUT2D eigenvalue weighted by Crippen LogP contribution is 2.50. The van der Waals surface area contributed by atoms with Crippen LogP contribution in [0.5, 0.6) is 0 Å². The Hall–Kier alpha value is -2.48. The molecule has 2 aliphatic rings. The van der Waals surface area contributed by atoms with Crippen LogP contribution in [0.15, 0.2) is 24.3 Å². The summed E-state index contributed by atoms with van der Waals surface area (Å²) in [5.74, 6) is -1.68. The van der Waals surface area contributed by atoms with Crippen molar-refractivity contribution in [3.8, 4) is 0 Å². The van der Waals surface area contributed by atoms with E-state index in [9.17, 15) is 19.7 Å². The number of benzene rings is 1. The van der Waals surface area contributed by atoms with E-state index >= 15 is 0 Å². The Morgan fingerprint density at radius 3 is 2.45 bits per heavy atom. The van der Waals surface area contributed by atoms with Crippen LogP contribution in [0.25, 0.3) is 0 Å². The Morgan fingerprint density at radius 2 is 1.91 bits per heavy atom. The molecule has 0 spiro atoms.